The average molecular weight is 385 g/mol. The van der Waals surface area contributed by atoms with E-state index in [-0.39, 0.29) is 11.8 Å². The Balaban J connectivity index is 1.65. The minimum atomic E-state index is -3.27. The normalized spacial score (nSPS) is 18.3. The second kappa shape index (κ2) is 7.44. The predicted octanol–water partition coefficient (Wildman–Crippen LogP) is 4.76. The van der Waals surface area contributed by atoms with Crippen LogP contribution in [-0.4, -0.2) is 30.0 Å². The molecule has 2 aromatic carbocycles. The van der Waals surface area contributed by atoms with Crippen LogP contribution in [0.25, 0.3) is 22.2 Å². The molecule has 2 heterocycles. The molecule has 0 spiro atoms. The largest absolute Gasteiger partial charge is 0.439 e. The third-order valence-electron chi connectivity index (χ3n) is 5.11. The second-order valence-corrected chi connectivity index (χ2v) is 9.08. The Morgan fingerprint density at radius 2 is 1.96 bits per heavy atom. The molecule has 3 aromatic rings. The third-order valence-corrected chi connectivity index (χ3v) is 7.07. The van der Waals surface area contributed by atoms with Crippen LogP contribution < -0.4 is 0 Å². The van der Waals surface area contributed by atoms with E-state index in [9.17, 15) is 8.42 Å². The summed E-state index contributed by atoms with van der Waals surface area (Å²) in [6.07, 6.45) is 3.14. The van der Waals surface area contributed by atoms with Gasteiger partial charge in [0.25, 0.3) is 0 Å². The quantitative estimate of drug-likeness (QED) is 0.614. The van der Waals surface area contributed by atoms with Gasteiger partial charge in [-0.3, -0.25) is 0 Å². The number of unbranched alkanes of at least 4 members (excludes halogenated alkanes) is 1. The van der Waals surface area contributed by atoms with Gasteiger partial charge in [-0.05, 0) is 42.5 Å². The first-order valence-electron chi connectivity index (χ1n) is 9.54. The summed E-state index contributed by atoms with van der Waals surface area (Å²) in [7, 11) is -3.27. The van der Waals surface area contributed by atoms with E-state index in [0.29, 0.717) is 24.4 Å². The van der Waals surface area contributed by atoms with Gasteiger partial charge in [-0.15, -0.1) is 0 Å². The molecule has 1 unspecified atom stereocenters. The van der Waals surface area contributed by atoms with Crippen molar-refractivity contribution in [3.63, 3.8) is 0 Å². The van der Waals surface area contributed by atoms with E-state index in [2.05, 4.69) is 17.1 Å². The van der Waals surface area contributed by atoms with Gasteiger partial charge in [0.05, 0.1) is 5.75 Å². The zero-order valence-corrected chi connectivity index (χ0v) is 16.3. The maximum Gasteiger partial charge on any atom is 0.214 e. The number of hydrogen-bond donors (Lipinski definition) is 0. The standard InChI is InChI=1S/C21H24N2O3S/c1-2-3-14-27(24,25)23-13-7-10-19(23)21-22-18-15-17(11-12-20(18)26-21)16-8-5-4-6-9-16/h4-6,8-9,11-12,15,19H,2-3,7,10,13-14H2,1H3. The molecule has 1 aliphatic heterocycles. The fourth-order valence-corrected chi connectivity index (χ4v) is 5.54. The highest BCUT2D eigenvalue weighted by Gasteiger charge is 2.37. The van der Waals surface area contributed by atoms with E-state index in [0.717, 1.165) is 35.9 Å². The van der Waals surface area contributed by atoms with Crippen molar-refractivity contribution in [3.05, 3.63) is 54.4 Å². The lowest BCUT2D eigenvalue weighted by atomic mass is 10.1. The van der Waals surface area contributed by atoms with Gasteiger partial charge < -0.3 is 4.42 Å². The first-order valence-corrected chi connectivity index (χ1v) is 11.1. The molecule has 0 bridgehead atoms. The van der Waals surface area contributed by atoms with Crippen LogP contribution >= 0.6 is 0 Å². The monoisotopic (exact) mass is 384 g/mol. The van der Waals surface area contributed by atoms with Crippen LogP contribution in [0.2, 0.25) is 0 Å². The number of oxazole rings is 1. The second-order valence-electron chi connectivity index (χ2n) is 7.04. The first-order chi connectivity index (χ1) is 13.1. The lowest BCUT2D eigenvalue weighted by molar-refractivity contribution is 0.337. The Labute approximate surface area is 160 Å². The van der Waals surface area contributed by atoms with Crippen LogP contribution in [0.15, 0.2) is 52.9 Å². The van der Waals surface area contributed by atoms with Crippen molar-refractivity contribution >= 4 is 21.1 Å². The molecule has 5 nitrogen and oxygen atoms in total. The van der Waals surface area contributed by atoms with Crippen LogP contribution in [0.5, 0.6) is 0 Å². The fourth-order valence-electron chi connectivity index (χ4n) is 3.66. The summed E-state index contributed by atoms with van der Waals surface area (Å²) >= 11 is 0. The SMILES string of the molecule is CCCCS(=O)(=O)N1CCCC1c1nc2cc(-c3ccccc3)ccc2o1. The molecular formula is C21H24N2O3S. The molecular weight excluding hydrogens is 360 g/mol. The van der Waals surface area contributed by atoms with Crippen molar-refractivity contribution in [2.24, 2.45) is 0 Å². The molecule has 1 fully saturated rings. The van der Waals surface area contributed by atoms with Crippen LogP contribution in [0.3, 0.4) is 0 Å². The molecule has 1 saturated heterocycles. The Morgan fingerprint density at radius 3 is 2.74 bits per heavy atom. The zero-order chi connectivity index (χ0) is 18.9. The Hall–Kier alpha value is -2.18. The number of hydrogen-bond acceptors (Lipinski definition) is 4. The van der Waals surface area contributed by atoms with Gasteiger partial charge in [0, 0.05) is 6.54 Å². The van der Waals surface area contributed by atoms with Crippen LogP contribution in [0.4, 0.5) is 0 Å². The molecule has 0 N–H and O–H groups in total. The van der Waals surface area contributed by atoms with Gasteiger partial charge >= 0.3 is 0 Å². The highest BCUT2D eigenvalue weighted by Crippen LogP contribution is 2.36. The molecule has 1 atom stereocenters. The molecule has 1 aliphatic rings. The molecule has 0 saturated carbocycles. The van der Waals surface area contributed by atoms with Crippen molar-refractivity contribution in [3.8, 4) is 11.1 Å². The lowest BCUT2D eigenvalue weighted by Crippen LogP contribution is -2.32. The number of aromatic nitrogens is 1. The zero-order valence-electron chi connectivity index (χ0n) is 15.5. The van der Waals surface area contributed by atoms with Crippen molar-refractivity contribution in [2.75, 3.05) is 12.3 Å². The summed E-state index contributed by atoms with van der Waals surface area (Å²) in [5.74, 6) is 0.700. The summed E-state index contributed by atoms with van der Waals surface area (Å²) in [5.41, 5.74) is 3.65. The van der Waals surface area contributed by atoms with Gasteiger partial charge in [-0.1, -0.05) is 49.7 Å². The van der Waals surface area contributed by atoms with Crippen molar-refractivity contribution in [2.45, 2.75) is 38.6 Å². The van der Waals surface area contributed by atoms with Crippen molar-refractivity contribution < 1.29 is 12.8 Å². The molecule has 0 radical (unpaired) electrons. The van der Waals surface area contributed by atoms with E-state index >= 15 is 0 Å². The average Bonchev–Trinajstić information content (AvgIpc) is 3.33. The number of benzene rings is 2. The maximum absolute atomic E-state index is 12.7. The number of nitrogens with zero attached hydrogens (tertiary/aromatic N) is 2. The summed E-state index contributed by atoms with van der Waals surface area (Å²) in [5, 5.41) is 0. The van der Waals surface area contributed by atoms with Crippen molar-refractivity contribution in [1.82, 2.24) is 9.29 Å². The topological polar surface area (TPSA) is 63.4 Å². The highest BCUT2D eigenvalue weighted by molar-refractivity contribution is 7.89. The van der Waals surface area contributed by atoms with Crippen LogP contribution in [0, 0.1) is 0 Å². The molecule has 142 valence electrons. The Kier molecular flexibility index (Phi) is 5.02. The number of rotatable bonds is 6. The van der Waals surface area contributed by atoms with E-state index in [1.54, 1.807) is 4.31 Å². The molecule has 6 heteroatoms. The van der Waals surface area contributed by atoms with E-state index in [4.69, 9.17) is 4.42 Å². The summed E-state index contributed by atoms with van der Waals surface area (Å²) in [6, 6.07) is 15.8. The number of sulfonamides is 1. The van der Waals surface area contributed by atoms with Crippen molar-refractivity contribution in [1.29, 1.82) is 0 Å². The highest BCUT2D eigenvalue weighted by atomic mass is 32.2. The smallest absolute Gasteiger partial charge is 0.214 e. The van der Waals surface area contributed by atoms with E-state index in [1.165, 1.54) is 0 Å². The minimum Gasteiger partial charge on any atom is -0.439 e. The van der Waals surface area contributed by atoms with Crippen LogP contribution in [-0.2, 0) is 10.0 Å². The third kappa shape index (κ3) is 3.64. The Morgan fingerprint density at radius 1 is 1.15 bits per heavy atom. The van der Waals surface area contributed by atoms with Crippen LogP contribution in [0.1, 0.15) is 44.5 Å². The van der Waals surface area contributed by atoms with Gasteiger partial charge in [-0.25, -0.2) is 13.4 Å². The molecule has 27 heavy (non-hydrogen) atoms. The molecule has 4 rings (SSSR count). The summed E-state index contributed by atoms with van der Waals surface area (Å²) < 4.78 is 32.9. The fraction of sp³-hybridized carbons (Fsp3) is 0.381. The minimum absolute atomic E-state index is 0.193. The maximum atomic E-state index is 12.7. The summed E-state index contributed by atoms with van der Waals surface area (Å²) in [6.45, 7) is 2.55. The lowest BCUT2D eigenvalue weighted by Gasteiger charge is -2.21. The number of fused-ring (bicyclic) bond motifs is 1. The summed E-state index contributed by atoms with van der Waals surface area (Å²) in [4.78, 5) is 4.65. The molecule has 1 aromatic heterocycles. The predicted molar refractivity (Wildman–Crippen MR) is 107 cm³/mol. The first kappa shape index (κ1) is 18.2. The van der Waals surface area contributed by atoms with Gasteiger partial charge in [0.15, 0.2) is 5.58 Å². The van der Waals surface area contributed by atoms with E-state index in [1.807, 2.05) is 43.3 Å². The van der Waals surface area contributed by atoms with E-state index < -0.39 is 10.0 Å². The molecule has 0 amide bonds. The van der Waals surface area contributed by atoms with Gasteiger partial charge in [-0.2, -0.15) is 4.31 Å². The molecule has 0 aliphatic carbocycles. The van der Waals surface area contributed by atoms with Gasteiger partial charge in [0.1, 0.15) is 11.6 Å². The van der Waals surface area contributed by atoms with Gasteiger partial charge in [0.2, 0.25) is 15.9 Å². The Bertz CT molecular complexity index is 1030.